The van der Waals surface area contributed by atoms with Crippen molar-refractivity contribution >= 4 is 52.1 Å². The van der Waals surface area contributed by atoms with Crippen LogP contribution in [-0.4, -0.2) is 29.0 Å². The van der Waals surface area contributed by atoms with Crippen LogP contribution in [-0.2, 0) is 16.1 Å². The van der Waals surface area contributed by atoms with Crippen LogP contribution < -0.4 is 15.0 Å². The van der Waals surface area contributed by atoms with Crippen LogP contribution in [0, 0.1) is 5.82 Å². The van der Waals surface area contributed by atoms with Crippen molar-refractivity contribution in [2.24, 2.45) is 0 Å². The molecule has 0 spiro atoms. The molecule has 0 unspecified atom stereocenters. The van der Waals surface area contributed by atoms with E-state index < -0.39 is 23.7 Å². The van der Waals surface area contributed by atoms with E-state index in [1.807, 2.05) is 35.0 Å². The van der Waals surface area contributed by atoms with Crippen LogP contribution in [0.5, 0.6) is 5.75 Å². The van der Waals surface area contributed by atoms with E-state index >= 15 is 0 Å². The molecule has 0 bridgehead atoms. The van der Waals surface area contributed by atoms with Crippen LogP contribution in [0.25, 0.3) is 17.0 Å². The lowest BCUT2D eigenvalue weighted by Crippen LogP contribution is -2.54. The number of carbonyl (C=O) groups is 3. The van der Waals surface area contributed by atoms with E-state index in [0.29, 0.717) is 29.5 Å². The highest BCUT2D eigenvalue weighted by atomic mass is 35.5. The molecule has 1 fully saturated rings. The van der Waals surface area contributed by atoms with E-state index in [9.17, 15) is 18.8 Å². The Hall–Kier alpha value is -4.43. The molecule has 0 saturated carbocycles. The minimum absolute atomic E-state index is 0.152. The fraction of sp³-hybridized carbons (Fsp3) is 0.0741. The molecule has 0 radical (unpaired) electrons. The second-order valence-corrected chi connectivity index (χ2v) is 8.47. The number of hydrogen-bond donors (Lipinski definition) is 1. The average Bonchev–Trinajstić information content (AvgIpc) is 3.21. The number of fused-ring (bicyclic) bond motifs is 1. The molecule has 7 nitrogen and oxygen atoms in total. The Morgan fingerprint density at radius 3 is 2.42 bits per heavy atom. The lowest BCUT2D eigenvalue weighted by molar-refractivity contribution is -0.122. The van der Waals surface area contributed by atoms with Crippen LogP contribution in [0.1, 0.15) is 5.56 Å². The van der Waals surface area contributed by atoms with Crippen LogP contribution >= 0.6 is 11.6 Å². The van der Waals surface area contributed by atoms with Crippen LogP contribution in [0.15, 0.2) is 84.6 Å². The molecular formula is C27H19ClFN3O4. The van der Waals surface area contributed by atoms with Crippen molar-refractivity contribution in [3.63, 3.8) is 0 Å². The number of imide groups is 2. The van der Waals surface area contributed by atoms with Gasteiger partial charge in [0.05, 0.1) is 12.2 Å². The van der Waals surface area contributed by atoms with Crippen LogP contribution in [0.3, 0.4) is 0 Å². The van der Waals surface area contributed by atoms with E-state index in [4.69, 9.17) is 16.3 Å². The molecule has 0 aliphatic carbocycles. The Bertz CT molecular complexity index is 1510. The van der Waals surface area contributed by atoms with Crippen molar-refractivity contribution < 1.29 is 23.5 Å². The predicted octanol–water partition coefficient (Wildman–Crippen LogP) is 5.18. The fourth-order valence-corrected chi connectivity index (χ4v) is 4.13. The lowest BCUT2D eigenvalue weighted by Gasteiger charge is -2.26. The zero-order valence-corrected chi connectivity index (χ0v) is 19.5. The Balaban J connectivity index is 1.44. The number of urea groups is 1. The second-order valence-electron chi connectivity index (χ2n) is 8.03. The number of ether oxygens (including phenoxy) is 1. The van der Waals surface area contributed by atoms with Crippen molar-refractivity contribution in [3.05, 3.63) is 101 Å². The van der Waals surface area contributed by atoms with Crippen molar-refractivity contribution in [1.29, 1.82) is 0 Å². The van der Waals surface area contributed by atoms with Gasteiger partial charge in [0.25, 0.3) is 11.8 Å². The minimum Gasteiger partial charge on any atom is -0.492 e. The van der Waals surface area contributed by atoms with E-state index in [2.05, 4.69) is 5.32 Å². The Morgan fingerprint density at radius 2 is 1.67 bits per heavy atom. The Morgan fingerprint density at radius 1 is 0.944 bits per heavy atom. The number of halogens is 2. The molecule has 2 heterocycles. The zero-order valence-electron chi connectivity index (χ0n) is 18.8. The summed E-state index contributed by atoms with van der Waals surface area (Å²) in [5.41, 5.74) is 1.46. The first-order valence-corrected chi connectivity index (χ1v) is 11.4. The van der Waals surface area contributed by atoms with Gasteiger partial charge in [-0.15, -0.1) is 0 Å². The summed E-state index contributed by atoms with van der Waals surface area (Å²) >= 11 is 5.91. The van der Waals surface area contributed by atoms with Gasteiger partial charge >= 0.3 is 6.03 Å². The van der Waals surface area contributed by atoms with Gasteiger partial charge in [-0.05, 0) is 60.7 Å². The van der Waals surface area contributed by atoms with E-state index in [-0.39, 0.29) is 11.3 Å². The monoisotopic (exact) mass is 503 g/mol. The number of aromatic nitrogens is 1. The van der Waals surface area contributed by atoms with Gasteiger partial charge in [-0.25, -0.2) is 14.1 Å². The summed E-state index contributed by atoms with van der Waals surface area (Å²) in [5.74, 6) is -1.42. The highest BCUT2D eigenvalue weighted by Crippen LogP contribution is 2.27. The molecule has 1 aliphatic heterocycles. The lowest BCUT2D eigenvalue weighted by atomic mass is 10.1. The van der Waals surface area contributed by atoms with E-state index in [0.717, 1.165) is 27.9 Å². The molecule has 1 aromatic heterocycles. The third-order valence-electron chi connectivity index (χ3n) is 5.72. The third-order valence-corrected chi connectivity index (χ3v) is 5.97. The maximum absolute atomic E-state index is 13.3. The van der Waals surface area contributed by atoms with Crippen LogP contribution in [0.2, 0.25) is 5.02 Å². The summed E-state index contributed by atoms with van der Waals surface area (Å²) in [6.07, 6.45) is 3.28. The van der Waals surface area contributed by atoms with E-state index in [1.54, 1.807) is 24.3 Å². The maximum Gasteiger partial charge on any atom is 0.335 e. The molecule has 1 saturated heterocycles. The largest absolute Gasteiger partial charge is 0.492 e. The number of rotatable bonds is 6. The first-order chi connectivity index (χ1) is 17.4. The van der Waals surface area contributed by atoms with Gasteiger partial charge in [-0.3, -0.25) is 14.9 Å². The molecule has 1 aliphatic rings. The highest BCUT2D eigenvalue weighted by Gasteiger charge is 2.37. The van der Waals surface area contributed by atoms with Gasteiger partial charge in [0.2, 0.25) is 0 Å². The summed E-state index contributed by atoms with van der Waals surface area (Å²) < 4.78 is 21.1. The summed E-state index contributed by atoms with van der Waals surface area (Å²) in [5, 5.41) is 3.63. The maximum atomic E-state index is 13.3. The average molecular weight is 504 g/mol. The quantitative estimate of drug-likeness (QED) is 0.290. The number of anilines is 1. The SMILES string of the molecule is O=C1NC(=O)N(c2ccc(F)cc2)C(=O)C1=Cc1cn(CCOc2ccc(Cl)cc2)c2ccccc12. The van der Waals surface area contributed by atoms with Crippen molar-refractivity contribution in [2.75, 3.05) is 11.5 Å². The standard InChI is InChI=1S/C27H19ClFN3O4/c28-18-5-11-21(12-6-18)36-14-13-31-16-17(22-3-1-2-4-24(22)31)15-23-25(33)30-27(35)32(26(23)34)20-9-7-19(29)8-10-20/h1-12,15-16H,13-14H2,(H,30,33,35). The predicted molar refractivity (Wildman–Crippen MR) is 134 cm³/mol. The topological polar surface area (TPSA) is 80.6 Å². The van der Waals surface area contributed by atoms with Gasteiger partial charge in [-0.1, -0.05) is 29.8 Å². The first kappa shape index (κ1) is 23.3. The Kier molecular flexibility index (Phi) is 6.26. The van der Waals surface area contributed by atoms with Gasteiger partial charge in [0.15, 0.2) is 0 Å². The number of para-hydroxylation sites is 1. The number of amides is 4. The summed E-state index contributed by atoms with van der Waals surface area (Å²) in [6, 6.07) is 18.6. The second kappa shape index (κ2) is 9.67. The number of carbonyl (C=O) groups excluding carboxylic acids is 3. The number of nitrogens with one attached hydrogen (secondary N) is 1. The molecule has 1 N–H and O–H groups in total. The minimum atomic E-state index is -0.893. The summed E-state index contributed by atoms with van der Waals surface area (Å²) in [7, 11) is 0. The molecule has 4 aromatic rings. The molecule has 180 valence electrons. The number of barbiturate groups is 1. The number of hydrogen-bond acceptors (Lipinski definition) is 4. The Labute approximate surface area is 210 Å². The molecule has 4 amide bonds. The van der Waals surface area contributed by atoms with Gasteiger partial charge in [-0.2, -0.15) is 0 Å². The van der Waals surface area contributed by atoms with Crippen LogP contribution in [0.4, 0.5) is 14.9 Å². The van der Waals surface area contributed by atoms with Crippen molar-refractivity contribution in [1.82, 2.24) is 9.88 Å². The fourth-order valence-electron chi connectivity index (χ4n) is 4.01. The molecule has 36 heavy (non-hydrogen) atoms. The van der Waals surface area contributed by atoms with E-state index in [1.165, 1.54) is 18.2 Å². The zero-order chi connectivity index (χ0) is 25.2. The normalized spacial score (nSPS) is 15.0. The molecule has 9 heteroatoms. The summed E-state index contributed by atoms with van der Waals surface area (Å²) in [6.45, 7) is 0.884. The number of nitrogens with zero attached hydrogens (tertiary/aromatic N) is 2. The molecule has 5 rings (SSSR count). The highest BCUT2D eigenvalue weighted by molar-refractivity contribution is 6.39. The molecule has 0 atom stereocenters. The molecular weight excluding hydrogens is 485 g/mol. The van der Waals surface area contributed by atoms with Gasteiger partial charge in [0.1, 0.15) is 23.7 Å². The van der Waals surface area contributed by atoms with Gasteiger partial charge in [0, 0.05) is 27.7 Å². The van der Waals surface area contributed by atoms with Crippen molar-refractivity contribution in [2.45, 2.75) is 6.54 Å². The van der Waals surface area contributed by atoms with Crippen molar-refractivity contribution in [3.8, 4) is 5.75 Å². The molecule has 3 aromatic carbocycles. The van der Waals surface area contributed by atoms with Gasteiger partial charge < -0.3 is 9.30 Å². The first-order valence-electron chi connectivity index (χ1n) is 11.0. The third kappa shape index (κ3) is 4.58. The smallest absolute Gasteiger partial charge is 0.335 e. The summed E-state index contributed by atoms with van der Waals surface area (Å²) in [4.78, 5) is 39.0. The number of benzene rings is 3.